The highest BCUT2D eigenvalue weighted by molar-refractivity contribution is 7.98. The Hall–Kier alpha value is -2.24. The van der Waals surface area contributed by atoms with Gasteiger partial charge in [-0.15, -0.1) is 11.8 Å². The summed E-state index contributed by atoms with van der Waals surface area (Å²) in [6.45, 7) is 2.28. The number of nitrogens with one attached hydrogen (secondary N) is 2. The number of rotatable bonds is 4. The van der Waals surface area contributed by atoms with Gasteiger partial charge in [-0.2, -0.15) is 0 Å². The molecule has 1 aromatic heterocycles. The fourth-order valence-electron chi connectivity index (χ4n) is 3.82. The van der Waals surface area contributed by atoms with E-state index in [1.165, 1.54) is 23.8 Å². The minimum Gasteiger partial charge on any atom is -0.361 e. The monoisotopic (exact) mass is 379 g/mol. The molecule has 2 N–H and O–H groups in total. The standard InChI is InChI=1S/C22H25N3OS/c1-25-11-9-15(10-12-25)20-14-23-21-8-5-17(13-19(20)21)24-22(26)16-3-6-18(27-2)7-4-16/h3-8,13-15,23H,9-12H2,1-2H3,(H,24,26). The van der Waals surface area contributed by atoms with Crippen LogP contribution in [-0.2, 0) is 0 Å². The molecule has 3 aromatic rings. The minimum absolute atomic E-state index is 0.0709. The van der Waals surface area contributed by atoms with Gasteiger partial charge in [0, 0.05) is 33.2 Å². The number of carbonyl (C=O) groups is 1. The quantitative estimate of drug-likeness (QED) is 0.631. The highest BCUT2D eigenvalue weighted by atomic mass is 32.2. The molecule has 2 heterocycles. The molecule has 140 valence electrons. The van der Waals surface area contributed by atoms with E-state index in [4.69, 9.17) is 0 Å². The highest BCUT2D eigenvalue weighted by Crippen LogP contribution is 2.34. The average Bonchev–Trinajstić information content (AvgIpc) is 3.12. The number of hydrogen-bond donors (Lipinski definition) is 2. The molecule has 0 unspecified atom stereocenters. The Balaban J connectivity index is 1.55. The van der Waals surface area contributed by atoms with Crippen molar-refractivity contribution in [3.8, 4) is 0 Å². The summed E-state index contributed by atoms with van der Waals surface area (Å²) in [5.74, 6) is 0.512. The summed E-state index contributed by atoms with van der Waals surface area (Å²) in [5, 5.41) is 4.27. The maximum atomic E-state index is 12.6. The van der Waals surface area contributed by atoms with Gasteiger partial charge in [0.2, 0.25) is 0 Å². The first kappa shape index (κ1) is 18.1. The first-order valence-corrected chi connectivity index (χ1v) is 10.6. The van der Waals surface area contributed by atoms with Gasteiger partial charge in [0.25, 0.3) is 5.91 Å². The number of aromatic amines is 1. The highest BCUT2D eigenvalue weighted by Gasteiger charge is 2.21. The summed E-state index contributed by atoms with van der Waals surface area (Å²) in [5.41, 5.74) is 4.03. The SMILES string of the molecule is CSc1ccc(C(=O)Nc2ccc3[nH]cc(C4CCN(C)CC4)c3c2)cc1. The van der Waals surface area contributed by atoms with Crippen molar-refractivity contribution in [1.82, 2.24) is 9.88 Å². The molecule has 0 bridgehead atoms. The van der Waals surface area contributed by atoms with Gasteiger partial charge >= 0.3 is 0 Å². The van der Waals surface area contributed by atoms with Crippen LogP contribution in [0.2, 0.25) is 0 Å². The van der Waals surface area contributed by atoms with Crippen molar-refractivity contribution >= 4 is 34.3 Å². The molecule has 1 aliphatic rings. The Kier molecular flexibility index (Phi) is 5.23. The number of piperidine rings is 1. The number of likely N-dealkylation sites (tertiary alicyclic amines) is 1. The van der Waals surface area contributed by atoms with Crippen molar-refractivity contribution in [2.24, 2.45) is 0 Å². The maximum Gasteiger partial charge on any atom is 0.255 e. The number of H-pyrrole nitrogens is 1. The van der Waals surface area contributed by atoms with Crippen LogP contribution in [0.15, 0.2) is 53.6 Å². The number of amides is 1. The van der Waals surface area contributed by atoms with E-state index in [9.17, 15) is 4.79 Å². The molecule has 4 nitrogen and oxygen atoms in total. The van der Waals surface area contributed by atoms with Crippen LogP contribution in [0.4, 0.5) is 5.69 Å². The van der Waals surface area contributed by atoms with E-state index in [0.29, 0.717) is 11.5 Å². The van der Waals surface area contributed by atoms with Gasteiger partial charge in [-0.3, -0.25) is 4.79 Å². The topological polar surface area (TPSA) is 48.1 Å². The number of carbonyl (C=O) groups excluding carboxylic acids is 1. The molecule has 2 aromatic carbocycles. The Morgan fingerprint density at radius 1 is 1.15 bits per heavy atom. The number of thioether (sulfide) groups is 1. The lowest BCUT2D eigenvalue weighted by atomic mass is 9.89. The summed E-state index contributed by atoms with van der Waals surface area (Å²) in [6, 6.07) is 13.8. The zero-order valence-corrected chi connectivity index (χ0v) is 16.6. The van der Waals surface area contributed by atoms with Crippen molar-refractivity contribution in [1.29, 1.82) is 0 Å². The molecule has 0 aliphatic carbocycles. The largest absolute Gasteiger partial charge is 0.361 e. The van der Waals surface area contributed by atoms with Gasteiger partial charge in [-0.25, -0.2) is 0 Å². The summed E-state index contributed by atoms with van der Waals surface area (Å²) in [7, 11) is 2.19. The third-order valence-corrected chi connectivity index (χ3v) is 6.23. The maximum absolute atomic E-state index is 12.6. The van der Waals surface area contributed by atoms with Crippen molar-refractivity contribution in [2.45, 2.75) is 23.7 Å². The molecular weight excluding hydrogens is 354 g/mol. The first-order valence-electron chi connectivity index (χ1n) is 9.39. The van der Waals surface area contributed by atoms with Crippen molar-refractivity contribution in [2.75, 3.05) is 31.7 Å². The third kappa shape index (κ3) is 3.89. The molecular formula is C22H25N3OS. The van der Waals surface area contributed by atoms with Gasteiger partial charge in [0.1, 0.15) is 0 Å². The molecule has 1 amide bonds. The number of fused-ring (bicyclic) bond motifs is 1. The van der Waals surface area contributed by atoms with Crippen LogP contribution in [0.1, 0.15) is 34.7 Å². The molecule has 27 heavy (non-hydrogen) atoms. The molecule has 0 radical (unpaired) electrons. The molecule has 0 spiro atoms. The van der Waals surface area contributed by atoms with Crippen molar-refractivity contribution < 1.29 is 4.79 Å². The summed E-state index contributed by atoms with van der Waals surface area (Å²) >= 11 is 1.67. The lowest BCUT2D eigenvalue weighted by Crippen LogP contribution is -2.29. The van der Waals surface area contributed by atoms with Crippen LogP contribution < -0.4 is 5.32 Å². The van der Waals surface area contributed by atoms with Gasteiger partial charge < -0.3 is 15.2 Å². The normalized spacial score (nSPS) is 15.9. The lowest BCUT2D eigenvalue weighted by molar-refractivity contribution is 0.102. The number of anilines is 1. The van der Waals surface area contributed by atoms with E-state index in [1.807, 2.05) is 36.6 Å². The molecule has 1 fully saturated rings. The lowest BCUT2D eigenvalue weighted by Gasteiger charge is -2.28. The molecule has 4 rings (SSSR count). The van der Waals surface area contributed by atoms with Crippen LogP contribution in [0.25, 0.3) is 10.9 Å². The van der Waals surface area contributed by atoms with Crippen LogP contribution >= 0.6 is 11.8 Å². The number of benzene rings is 2. The van der Waals surface area contributed by atoms with Gasteiger partial charge in [-0.05, 0) is 93.2 Å². The Morgan fingerprint density at radius 3 is 2.59 bits per heavy atom. The number of nitrogens with zero attached hydrogens (tertiary/aromatic N) is 1. The predicted molar refractivity (Wildman–Crippen MR) is 114 cm³/mol. The third-order valence-electron chi connectivity index (χ3n) is 5.48. The summed E-state index contributed by atoms with van der Waals surface area (Å²) < 4.78 is 0. The average molecular weight is 380 g/mol. The molecule has 5 heteroatoms. The Bertz CT molecular complexity index is 940. The van der Waals surface area contributed by atoms with Crippen LogP contribution in [0.5, 0.6) is 0 Å². The van der Waals surface area contributed by atoms with Crippen LogP contribution in [0, 0.1) is 0 Å². The Morgan fingerprint density at radius 2 is 1.89 bits per heavy atom. The molecule has 0 atom stereocenters. The minimum atomic E-state index is -0.0709. The van der Waals surface area contributed by atoms with Crippen LogP contribution in [0.3, 0.4) is 0 Å². The number of aromatic nitrogens is 1. The van der Waals surface area contributed by atoms with E-state index in [0.717, 1.165) is 29.2 Å². The van der Waals surface area contributed by atoms with Crippen molar-refractivity contribution in [3.05, 3.63) is 59.8 Å². The number of hydrogen-bond acceptors (Lipinski definition) is 3. The van der Waals surface area contributed by atoms with Crippen molar-refractivity contribution in [3.63, 3.8) is 0 Å². The first-order chi connectivity index (χ1) is 13.1. The van der Waals surface area contributed by atoms with E-state index in [-0.39, 0.29) is 5.91 Å². The van der Waals surface area contributed by atoms with E-state index >= 15 is 0 Å². The van der Waals surface area contributed by atoms with Crippen LogP contribution in [-0.4, -0.2) is 42.2 Å². The van der Waals surface area contributed by atoms with E-state index < -0.39 is 0 Å². The molecule has 1 aliphatic heterocycles. The van der Waals surface area contributed by atoms with Gasteiger partial charge in [-0.1, -0.05) is 0 Å². The van der Waals surface area contributed by atoms with Gasteiger partial charge in [0.15, 0.2) is 0 Å². The summed E-state index contributed by atoms with van der Waals surface area (Å²) in [6.07, 6.45) is 6.54. The smallest absolute Gasteiger partial charge is 0.255 e. The second-order valence-corrected chi connectivity index (χ2v) is 8.14. The zero-order valence-electron chi connectivity index (χ0n) is 15.8. The predicted octanol–water partition coefficient (Wildman–Crippen LogP) is 4.95. The second-order valence-electron chi connectivity index (χ2n) is 7.26. The summed E-state index contributed by atoms with van der Waals surface area (Å²) in [4.78, 5) is 19.5. The molecule has 0 saturated carbocycles. The van der Waals surface area contributed by atoms with E-state index in [1.54, 1.807) is 11.8 Å². The van der Waals surface area contributed by atoms with E-state index in [2.05, 4.69) is 40.6 Å². The van der Waals surface area contributed by atoms with Gasteiger partial charge in [0.05, 0.1) is 0 Å². The fraction of sp³-hybridized carbons (Fsp3) is 0.318. The fourth-order valence-corrected chi connectivity index (χ4v) is 4.23. The zero-order chi connectivity index (χ0) is 18.8. The molecule has 1 saturated heterocycles. The Labute approximate surface area is 164 Å². The second kappa shape index (κ2) is 7.79.